The second kappa shape index (κ2) is 26.7. The predicted molar refractivity (Wildman–Crippen MR) is 170 cm³/mol. The Balaban J connectivity index is 4.37. The summed E-state index contributed by atoms with van der Waals surface area (Å²) < 4.78 is 32.1. The molecule has 226 valence electrons. The summed E-state index contributed by atoms with van der Waals surface area (Å²) in [6.07, 6.45) is 38.8. The molecule has 6 nitrogen and oxygen atoms in total. The Labute approximate surface area is 244 Å². The highest BCUT2D eigenvalue weighted by molar-refractivity contribution is 7.85. The summed E-state index contributed by atoms with van der Waals surface area (Å²) >= 11 is 0. The number of aliphatic hydroxyl groups excluding tert-OH is 1. The summed E-state index contributed by atoms with van der Waals surface area (Å²) in [4.78, 5) is 12.3. The summed E-state index contributed by atoms with van der Waals surface area (Å²) in [5.41, 5.74) is 0. The Hall–Kier alpha value is -2.48. The Morgan fingerprint density at radius 2 is 1.23 bits per heavy atom. The standard InChI is InChI=1S/C33H53NO5S/c1-3-5-7-9-11-13-15-16-17-18-19-21-23-25-27-29-33(36)34-31(30-40(37,38)39)32(35)28-26-24-22-20-14-12-10-8-6-4-2/h5,7,11,13-14,16-17,19-21,25-28,31-32,35H,3-4,6,8-10,12,15,18,22-24,29-30H2,1-2H3,(H,34,36)(H,37,38,39)/b7-5-,13-11-,17-16-,20-14+,21-19-,27-25-,28-26+. The maximum atomic E-state index is 12.3. The van der Waals surface area contributed by atoms with Gasteiger partial charge in [0.25, 0.3) is 10.1 Å². The van der Waals surface area contributed by atoms with E-state index in [2.05, 4.69) is 73.8 Å². The number of carbonyl (C=O) groups excluding carboxylic acids is 1. The lowest BCUT2D eigenvalue weighted by molar-refractivity contribution is -0.121. The molecule has 0 aromatic rings. The molecule has 40 heavy (non-hydrogen) atoms. The van der Waals surface area contributed by atoms with Crippen LogP contribution in [0.3, 0.4) is 0 Å². The van der Waals surface area contributed by atoms with E-state index in [0.29, 0.717) is 12.8 Å². The van der Waals surface area contributed by atoms with E-state index in [1.165, 1.54) is 31.8 Å². The molecule has 0 rings (SSSR count). The van der Waals surface area contributed by atoms with Gasteiger partial charge < -0.3 is 10.4 Å². The van der Waals surface area contributed by atoms with Crippen molar-refractivity contribution in [2.24, 2.45) is 0 Å². The lowest BCUT2D eigenvalue weighted by Crippen LogP contribution is -2.46. The summed E-state index contributed by atoms with van der Waals surface area (Å²) in [6, 6.07) is -1.13. The predicted octanol–water partition coefficient (Wildman–Crippen LogP) is 7.72. The maximum absolute atomic E-state index is 12.3. The van der Waals surface area contributed by atoms with Crippen LogP contribution in [-0.4, -0.2) is 41.9 Å². The molecule has 0 aromatic heterocycles. The Kier molecular flexibility index (Phi) is 25.1. The molecule has 2 unspecified atom stereocenters. The first-order valence-corrected chi connectivity index (χ1v) is 16.4. The molecule has 3 N–H and O–H groups in total. The molecule has 7 heteroatoms. The number of rotatable bonds is 24. The largest absolute Gasteiger partial charge is 0.387 e. The van der Waals surface area contributed by atoms with Gasteiger partial charge in [0.05, 0.1) is 17.9 Å². The first-order valence-electron chi connectivity index (χ1n) is 14.8. The maximum Gasteiger partial charge on any atom is 0.267 e. The van der Waals surface area contributed by atoms with Gasteiger partial charge in [-0.2, -0.15) is 8.42 Å². The molecular formula is C33H53NO5S. The van der Waals surface area contributed by atoms with Crippen molar-refractivity contribution in [1.82, 2.24) is 5.32 Å². The Morgan fingerprint density at radius 3 is 1.77 bits per heavy atom. The first-order chi connectivity index (χ1) is 19.3. The third-order valence-electron chi connectivity index (χ3n) is 5.83. The van der Waals surface area contributed by atoms with Gasteiger partial charge in [0.2, 0.25) is 5.91 Å². The fourth-order valence-corrected chi connectivity index (χ4v) is 4.38. The number of nitrogens with one attached hydrogen (secondary N) is 1. The Morgan fingerprint density at radius 1 is 0.700 bits per heavy atom. The molecule has 0 spiro atoms. The fourth-order valence-electron chi connectivity index (χ4n) is 3.65. The van der Waals surface area contributed by atoms with Crippen molar-refractivity contribution in [2.45, 2.75) is 109 Å². The van der Waals surface area contributed by atoms with Crippen molar-refractivity contribution in [3.8, 4) is 0 Å². The molecule has 0 aliphatic heterocycles. The zero-order chi connectivity index (χ0) is 29.7. The van der Waals surface area contributed by atoms with Crippen LogP contribution in [0.5, 0.6) is 0 Å². The van der Waals surface area contributed by atoms with E-state index in [4.69, 9.17) is 0 Å². The normalized spacial score (nSPS) is 14.8. The molecular weight excluding hydrogens is 522 g/mol. The van der Waals surface area contributed by atoms with Crippen LogP contribution in [0.2, 0.25) is 0 Å². The van der Waals surface area contributed by atoms with Crippen molar-refractivity contribution < 1.29 is 22.9 Å². The molecule has 1 amide bonds. The van der Waals surface area contributed by atoms with Gasteiger partial charge in [0.1, 0.15) is 0 Å². The van der Waals surface area contributed by atoms with Crippen molar-refractivity contribution in [3.63, 3.8) is 0 Å². The number of unbranched alkanes of at least 4 members (excludes halogenated alkanes) is 5. The lowest BCUT2D eigenvalue weighted by atomic mass is 10.1. The zero-order valence-electron chi connectivity index (χ0n) is 24.7. The lowest BCUT2D eigenvalue weighted by Gasteiger charge is -2.20. The smallest absolute Gasteiger partial charge is 0.267 e. The molecule has 0 aliphatic rings. The minimum Gasteiger partial charge on any atom is -0.387 e. The number of aliphatic hydroxyl groups is 1. The fraction of sp³-hybridized carbons (Fsp3) is 0.545. The second-order valence-electron chi connectivity index (χ2n) is 9.65. The van der Waals surface area contributed by atoms with E-state index >= 15 is 0 Å². The number of hydrogen-bond acceptors (Lipinski definition) is 4. The molecule has 0 heterocycles. The van der Waals surface area contributed by atoms with Crippen LogP contribution in [0, 0.1) is 0 Å². The molecule has 0 saturated carbocycles. The van der Waals surface area contributed by atoms with Gasteiger partial charge in [-0.3, -0.25) is 9.35 Å². The minimum absolute atomic E-state index is 0.0506. The average molecular weight is 576 g/mol. The van der Waals surface area contributed by atoms with Gasteiger partial charge in [0.15, 0.2) is 0 Å². The minimum atomic E-state index is -4.38. The monoisotopic (exact) mass is 575 g/mol. The van der Waals surface area contributed by atoms with E-state index in [9.17, 15) is 22.9 Å². The summed E-state index contributed by atoms with van der Waals surface area (Å²) in [6.45, 7) is 4.31. The number of carbonyl (C=O) groups is 1. The van der Waals surface area contributed by atoms with E-state index < -0.39 is 33.9 Å². The summed E-state index contributed by atoms with van der Waals surface area (Å²) in [7, 11) is -4.38. The van der Waals surface area contributed by atoms with E-state index in [1.807, 2.05) is 12.2 Å². The topological polar surface area (TPSA) is 104 Å². The average Bonchev–Trinajstić information content (AvgIpc) is 2.90. The molecule has 0 radical (unpaired) electrons. The number of allylic oxidation sites excluding steroid dienone is 12. The molecule has 0 fully saturated rings. The van der Waals surface area contributed by atoms with Crippen molar-refractivity contribution in [3.05, 3.63) is 85.1 Å². The molecule has 2 atom stereocenters. The van der Waals surface area contributed by atoms with Crippen LogP contribution >= 0.6 is 0 Å². The number of amides is 1. The highest BCUT2D eigenvalue weighted by Crippen LogP contribution is 2.06. The van der Waals surface area contributed by atoms with E-state index in [1.54, 1.807) is 12.2 Å². The SMILES string of the molecule is CC/C=C\C/C=C\C/C=C\C/C=C\C/C=C\CC(=O)NC(CS(=O)(=O)O)C(O)/C=C/CC/C=C/CCCCCC. The van der Waals surface area contributed by atoms with Crippen molar-refractivity contribution >= 4 is 16.0 Å². The molecule has 0 aromatic carbocycles. The highest BCUT2D eigenvalue weighted by Gasteiger charge is 2.24. The van der Waals surface area contributed by atoms with Crippen LogP contribution in [-0.2, 0) is 14.9 Å². The molecule has 0 saturated heterocycles. The van der Waals surface area contributed by atoms with Gasteiger partial charge in [0, 0.05) is 6.42 Å². The van der Waals surface area contributed by atoms with E-state index in [-0.39, 0.29) is 6.42 Å². The third kappa shape index (κ3) is 27.1. The van der Waals surface area contributed by atoms with Gasteiger partial charge in [-0.25, -0.2) is 0 Å². The summed E-state index contributed by atoms with van der Waals surface area (Å²) in [5.74, 6) is -1.18. The molecule has 0 aliphatic carbocycles. The van der Waals surface area contributed by atoms with Gasteiger partial charge >= 0.3 is 0 Å². The zero-order valence-corrected chi connectivity index (χ0v) is 25.5. The molecule has 0 bridgehead atoms. The van der Waals surface area contributed by atoms with Crippen LogP contribution in [0.4, 0.5) is 0 Å². The van der Waals surface area contributed by atoms with Gasteiger partial charge in [-0.15, -0.1) is 0 Å². The Bertz CT molecular complexity index is 942. The first kappa shape index (κ1) is 37.5. The quantitative estimate of drug-likeness (QED) is 0.0621. The van der Waals surface area contributed by atoms with Crippen LogP contribution < -0.4 is 5.32 Å². The van der Waals surface area contributed by atoms with Gasteiger partial charge in [-0.1, -0.05) is 118 Å². The van der Waals surface area contributed by atoms with E-state index in [0.717, 1.165) is 38.5 Å². The van der Waals surface area contributed by atoms with Crippen LogP contribution in [0.15, 0.2) is 85.1 Å². The van der Waals surface area contributed by atoms with Crippen LogP contribution in [0.25, 0.3) is 0 Å². The third-order valence-corrected chi connectivity index (χ3v) is 6.61. The second-order valence-corrected chi connectivity index (χ2v) is 11.1. The van der Waals surface area contributed by atoms with Crippen molar-refractivity contribution in [2.75, 3.05) is 5.75 Å². The van der Waals surface area contributed by atoms with Crippen molar-refractivity contribution in [1.29, 1.82) is 0 Å². The van der Waals surface area contributed by atoms with Gasteiger partial charge in [-0.05, 0) is 57.8 Å². The number of hydrogen-bond donors (Lipinski definition) is 3. The van der Waals surface area contributed by atoms with Crippen LogP contribution in [0.1, 0.15) is 97.3 Å². The summed E-state index contributed by atoms with van der Waals surface area (Å²) in [5, 5.41) is 12.9. The highest BCUT2D eigenvalue weighted by atomic mass is 32.2.